The van der Waals surface area contributed by atoms with E-state index in [-0.39, 0.29) is 5.91 Å². The van der Waals surface area contributed by atoms with Gasteiger partial charge in [-0.25, -0.2) is 0 Å². The molecule has 1 amide bonds. The molecule has 1 atom stereocenters. The minimum atomic E-state index is 0.227. The molecule has 0 spiro atoms. The van der Waals surface area contributed by atoms with Gasteiger partial charge in [-0.15, -0.1) is 0 Å². The Bertz CT molecular complexity index is 454. The van der Waals surface area contributed by atoms with E-state index in [1.165, 1.54) is 30.4 Å². The molecule has 3 heteroatoms. The number of hydrogen-bond acceptors (Lipinski definition) is 2. The van der Waals surface area contributed by atoms with Crippen molar-refractivity contribution in [3.8, 4) is 0 Å². The molecule has 0 aromatic heterocycles. The Hall–Kier alpha value is -1.35. The van der Waals surface area contributed by atoms with Crippen molar-refractivity contribution in [1.82, 2.24) is 10.6 Å². The molecule has 0 saturated heterocycles. The Morgan fingerprint density at radius 1 is 1.26 bits per heavy atom. The van der Waals surface area contributed by atoms with Crippen LogP contribution in [0, 0.1) is 0 Å². The molecule has 1 aromatic rings. The SMILES string of the molecule is O=C(CCC1Cc2ccccc2CN1)NC1CCC1. The fourth-order valence-corrected chi connectivity index (χ4v) is 2.88. The van der Waals surface area contributed by atoms with Gasteiger partial charge in [-0.05, 0) is 43.2 Å². The molecule has 2 N–H and O–H groups in total. The predicted octanol–water partition coefficient (Wildman–Crippen LogP) is 2.15. The molecule has 3 nitrogen and oxygen atoms in total. The molecule has 0 bridgehead atoms. The zero-order valence-electron chi connectivity index (χ0n) is 11.3. The summed E-state index contributed by atoms with van der Waals surface area (Å²) in [6, 6.07) is 9.49. The number of amides is 1. The van der Waals surface area contributed by atoms with Gasteiger partial charge in [0.15, 0.2) is 0 Å². The molecule has 19 heavy (non-hydrogen) atoms. The first-order valence-corrected chi connectivity index (χ1v) is 7.41. The third-order valence-electron chi connectivity index (χ3n) is 4.36. The van der Waals surface area contributed by atoms with Gasteiger partial charge < -0.3 is 10.6 Å². The quantitative estimate of drug-likeness (QED) is 0.869. The molecule has 1 aliphatic carbocycles. The lowest BCUT2D eigenvalue weighted by molar-refractivity contribution is -0.122. The number of rotatable bonds is 4. The van der Waals surface area contributed by atoms with Crippen LogP contribution in [0.3, 0.4) is 0 Å². The topological polar surface area (TPSA) is 41.1 Å². The van der Waals surface area contributed by atoms with E-state index >= 15 is 0 Å². The van der Waals surface area contributed by atoms with E-state index in [9.17, 15) is 4.79 Å². The molecule has 102 valence electrons. The average molecular weight is 258 g/mol. The summed E-state index contributed by atoms with van der Waals surface area (Å²) in [5.74, 6) is 0.227. The van der Waals surface area contributed by atoms with Crippen LogP contribution < -0.4 is 10.6 Å². The third-order valence-corrected chi connectivity index (χ3v) is 4.36. The molecule has 3 rings (SSSR count). The zero-order valence-corrected chi connectivity index (χ0v) is 11.3. The normalized spacial score (nSPS) is 22.4. The van der Waals surface area contributed by atoms with Crippen LogP contribution in [-0.4, -0.2) is 18.0 Å². The maximum atomic E-state index is 11.8. The smallest absolute Gasteiger partial charge is 0.220 e. The Balaban J connectivity index is 1.45. The standard InChI is InChI=1S/C16H22N2O/c19-16(18-14-6-3-7-14)9-8-15-10-12-4-1-2-5-13(12)11-17-15/h1-2,4-5,14-15,17H,3,6-11H2,(H,18,19). The van der Waals surface area contributed by atoms with Gasteiger partial charge in [-0.1, -0.05) is 24.3 Å². The van der Waals surface area contributed by atoms with Crippen LogP contribution >= 0.6 is 0 Å². The molecule has 1 aromatic carbocycles. The molecular formula is C16H22N2O. The minimum Gasteiger partial charge on any atom is -0.353 e. The van der Waals surface area contributed by atoms with Crippen LogP contribution in [0.1, 0.15) is 43.2 Å². The van der Waals surface area contributed by atoms with Gasteiger partial charge >= 0.3 is 0 Å². The summed E-state index contributed by atoms with van der Waals surface area (Å²) < 4.78 is 0. The van der Waals surface area contributed by atoms with Crippen LogP contribution in [-0.2, 0) is 17.8 Å². The maximum absolute atomic E-state index is 11.8. The number of nitrogens with one attached hydrogen (secondary N) is 2. The van der Waals surface area contributed by atoms with Gasteiger partial charge in [-0.2, -0.15) is 0 Å². The van der Waals surface area contributed by atoms with Crippen LogP contribution in [0.4, 0.5) is 0 Å². The predicted molar refractivity (Wildman–Crippen MR) is 75.8 cm³/mol. The number of carbonyl (C=O) groups excluding carboxylic acids is 1. The summed E-state index contributed by atoms with van der Waals surface area (Å²) in [6.45, 7) is 0.936. The summed E-state index contributed by atoms with van der Waals surface area (Å²) in [6.07, 6.45) is 6.24. The highest BCUT2D eigenvalue weighted by Crippen LogP contribution is 2.20. The average Bonchev–Trinajstić information content (AvgIpc) is 2.40. The Labute approximate surface area is 114 Å². The second kappa shape index (κ2) is 5.74. The number of carbonyl (C=O) groups is 1. The van der Waals surface area contributed by atoms with Crippen molar-refractivity contribution in [1.29, 1.82) is 0 Å². The van der Waals surface area contributed by atoms with Gasteiger partial charge in [0, 0.05) is 25.0 Å². The van der Waals surface area contributed by atoms with Gasteiger partial charge in [0.25, 0.3) is 0 Å². The maximum Gasteiger partial charge on any atom is 0.220 e. The zero-order chi connectivity index (χ0) is 13.1. The summed E-state index contributed by atoms with van der Waals surface area (Å²) in [5.41, 5.74) is 2.84. The largest absolute Gasteiger partial charge is 0.353 e. The summed E-state index contributed by atoms with van der Waals surface area (Å²) in [4.78, 5) is 11.8. The minimum absolute atomic E-state index is 0.227. The first-order valence-electron chi connectivity index (χ1n) is 7.41. The van der Waals surface area contributed by atoms with Gasteiger partial charge in [0.2, 0.25) is 5.91 Å². The van der Waals surface area contributed by atoms with Crippen molar-refractivity contribution >= 4 is 5.91 Å². The van der Waals surface area contributed by atoms with Crippen LogP contribution in [0.2, 0.25) is 0 Å². The fourth-order valence-electron chi connectivity index (χ4n) is 2.88. The molecule has 1 heterocycles. The number of benzene rings is 1. The first-order chi connectivity index (χ1) is 9.31. The molecule has 2 aliphatic rings. The van der Waals surface area contributed by atoms with Crippen molar-refractivity contribution in [3.63, 3.8) is 0 Å². The molecule has 1 fully saturated rings. The van der Waals surface area contributed by atoms with Crippen molar-refractivity contribution in [2.24, 2.45) is 0 Å². The lowest BCUT2D eigenvalue weighted by atomic mass is 9.92. The number of fused-ring (bicyclic) bond motifs is 1. The second-order valence-electron chi connectivity index (χ2n) is 5.78. The number of hydrogen-bond donors (Lipinski definition) is 2. The first kappa shape index (κ1) is 12.7. The van der Waals surface area contributed by atoms with E-state index in [4.69, 9.17) is 0 Å². The van der Waals surface area contributed by atoms with E-state index in [0.29, 0.717) is 18.5 Å². The lowest BCUT2D eigenvalue weighted by Gasteiger charge is -2.28. The van der Waals surface area contributed by atoms with E-state index in [0.717, 1.165) is 19.4 Å². The van der Waals surface area contributed by atoms with Crippen molar-refractivity contribution in [2.75, 3.05) is 0 Å². The highest BCUT2D eigenvalue weighted by atomic mass is 16.1. The second-order valence-corrected chi connectivity index (χ2v) is 5.78. The molecule has 1 unspecified atom stereocenters. The summed E-state index contributed by atoms with van der Waals surface area (Å²) >= 11 is 0. The van der Waals surface area contributed by atoms with E-state index in [2.05, 4.69) is 34.9 Å². The Morgan fingerprint density at radius 2 is 2.05 bits per heavy atom. The van der Waals surface area contributed by atoms with E-state index in [1.807, 2.05) is 0 Å². The van der Waals surface area contributed by atoms with Crippen LogP contribution in [0.15, 0.2) is 24.3 Å². The highest BCUT2D eigenvalue weighted by Gasteiger charge is 2.21. The summed E-state index contributed by atoms with van der Waals surface area (Å²) in [7, 11) is 0. The van der Waals surface area contributed by atoms with Gasteiger partial charge in [0.1, 0.15) is 0 Å². The Morgan fingerprint density at radius 3 is 2.79 bits per heavy atom. The van der Waals surface area contributed by atoms with E-state index in [1.54, 1.807) is 0 Å². The van der Waals surface area contributed by atoms with Crippen molar-refractivity contribution < 1.29 is 4.79 Å². The lowest BCUT2D eigenvalue weighted by Crippen LogP contribution is -2.41. The molecule has 0 radical (unpaired) electrons. The molecule has 1 saturated carbocycles. The van der Waals surface area contributed by atoms with Crippen molar-refractivity contribution in [3.05, 3.63) is 35.4 Å². The molecular weight excluding hydrogens is 236 g/mol. The fraction of sp³-hybridized carbons (Fsp3) is 0.562. The monoisotopic (exact) mass is 258 g/mol. The van der Waals surface area contributed by atoms with Crippen LogP contribution in [0.25, 0.3) is 0 Å². The van der Waals surface area contributed by atoms with Gasteiger partial charge in [0.05, 0.1) is 0 Å². The summed E-state index contributed by atoms with van der Waals surface area (Å²) in [5, 5.41) is 6.64. The van der Waals surface area contributed by atoms with Crippen molar-refractivity contribution in [2.45, 2.75) is 57.2 Å². The van der Waals surface area contributed by atoms with Crippen LogP contribution in [0.5, 0.6) is 0 Å². The molecule has 1 aliphatic heterocycles. The van der Waals surface area contributed by atoms with Gasteiger partial charge in [-0.3, -0.25) is 4.79 Å². The van der Waals surface area contributed by atoms with E-state index < -0.39 is 0 Å². The third kappa shape index (κ3) is 3.16. The highest BCUT2D eigenvalue weighted by molar-refractivity contribution is 5.76. The Kier molecular flexibility index (Phi) is 3.83.